The molecule has 0 unspecified atom stereocenters. The molecule has 0 fully saturated rings. The Hall–Kier alpha value is -3.30. The highest BCUT2D eigenvalue weighted by atomic mass is 31.2. The van der Waals surface area contributed by atoms with Gasteiger partial charge in [0.05, 0.1) is 10.6 Å². The monoisotopic (exact) mass is 447 g/mol. The highest BCUT2D eigenvalue weighted by Gasteiger charge is 2.34. The zero-order valence-corrected chi connectivity index (χ0v) is 18.7. The number of hydrogen-bond acceptors (Lipinski definition) is 4. The van der Waals surface area contributed by atoms with Crippen molar-refractivity contribution in [2.45, 2.75) is 25.9 Å². The molecule has 0 aromatic heterocycles. The van der Waals surface area contributed by atoms with Crippen LogP contribution < -0.4 is 10.6 Å². The van der Waals surface area contributed by atoms with Crippen LogP contribution >= 0.6 is 7.37 Å². The fourth-order valence-electron chi connectivity index (χ4n) is 3.56. The number of allylic oxidation sites excluding steroid dienone is 1. The first kappa shape index (κ1) is 21.9. The SMILES string of the molecule is O=C(OCc1ccccc1)N1CCCCC=C1OP(=O)(c1ccccc1)c1ccccc1. The molecule has 1 amide bonds. The van der Waals surface area contributed by atoms with E-state index in [0.717, 1.165) is 24.8 Å². The van der Waals surface area contributed by atoms with Gasteiger partial charge in [-0.1, -0.05) is 66.7 Å². The minimum Gasteiger partial charge on any atom is -0.444 e. The largest absolute Gasteiger partial charge is 0.444 e. The molecule has 6 heteroatoms. The maximum Gasteiger partial charge on any atom is 0.416 e. The van der Waals surface area contributed by atoms with Crippen molar-refractivity contribution in [1.82, 2.24) is 4.90 Å². The van der Waals surface area contributed by atoms with E-state index in [4.69, 9.17) is 9.26 Å². The van der Waals surface area contributed by atoms with E-state index in [1.54, 1.807) is 24.3 Å². The Kier molecular flexibility index (Phi) is 7.08. The van der Waals surface area contributed by atoms with E-state index in [1.165, 1.54) is 4.90 Å². The van der Waals surface area contributed by atoms with Gasteiger partial charge < -0.3 is 9.26 Å². The normalized spacial score (nSPS) is 14.2. The average Bonchev–Trinajstić information content (AvgIpc) is 3.09. The molecule has 0 aliphatic carbocycles. The Morgan fingerprint density at radius 2 is 1.38 bits per heavy atom. The molecular weight excluding hydrogens is 421 g/mol. The lowest BCUT2D eigenvalue weighted by Gasteiger charge is -2.28. The van der Waals surface area contributed by atoms with Crippen molar-refractivity contribution in [2.24, 2.45) is 0 Å². The standard InChI is InChI=1S/C26H26NO4P/c28-26(30-21-22-13-5-1-6-14-22)27-20-12-4-11-19-25(27)31-32(29,23-15-7-2-8-16-23)24-17-9-3-10-18-24/h1-3,5-10,13-19H,4,11-12,20-21H2. The summed E-state index contributed by atoms with van der Waals surface area (Å²) in [4.78, 5) is 14.5. The van der Waals surface area contributed by atoms with Gasteiger partial charge in [0, 0.05) is 6.54 Å². The van der Waals surface area contributed by atoms with Crippen molar-refractivity contribution < 1.29 is 18.6 Å². The number of amides is 1. The van der Waals surface area contributed by atoms with Gasteiger partial charge in [-0.2, -0.15) is 0 Å². The van der Waals surface area contributed by atoms with Gasteiger partial charge in [-0.05, 0) is 55.2 Å². The Morgan fingerprint density at radius 3 is 1.97 bits per heavy atom. The second kappa shape index (κ2) is 10.3. The van der Waals surface area contributed by atoms with Crippen LogP contribution in [-0.4, -0.2) is 17.5 Å². The molecule has 164 valence electrons. The molecule has 1 aliphatic rings. The molecule has 0 saturated carbocycles. The Bertz CT molecular complexity index is 1060. The molecule has 0 saturated heterocycles. The number of nitrogens with zero attached hydrogens (tertiary/aromatic N) is 1. The highest BCUT2D eigenvalue weighted by molar-refractivity contribution is 7.74. The van der Waals surface area contributed by atoms with Crippen molar-refractivity contribution >= 4 is 24.1 Å². The van der Waals surface area contributed by atoms with Crippen molar-refractivity contribution in [2.75, 3.05) is 6.54 Å². The first-order valence-corrected chi connectivity index (χ1v) is 12.4. The average molecular weight is 447 g/mol. The summed E-state index contributed by atoms with van der Waals surface area (Å²) >= 11 is 0. The molecule has 3 aromatic rings. The fraction of sp³-hybridized carbons (Fsp3) is 0.192. The zero-order chi connectivity index (χ0) is 22.2. The van der Waals surface area contributed by atoms with Crippen molar-refractivity contribution in [3.8, 4) is 0 Å². The van der Waals surface area contributed by atoms with Crippen molar-refractivity contribution in [3.63, 3.8) is 0 Å². The van der Waals surface area contributed by atoms with Crippen LogP contribution in [-0.2, 0) is 20.4 Å². The molecule has 0 spiro atoms. The Morgan fingerprint density at radius 1 is 0.812 bits per heavy atom. The minimum absolute atomic E-state index is 0.165. The van der Waals surface area contributed by atoms with Gasteiger partial charge in [0.2, 0.25) is 5.88 Å². The Balaban J connectivity index is 1.61. The molecular formula is C26H26NO4P. The van der Waals surface area contributed by atoms with E-state index in [1.807, 2.05) is 72.8 Å². The summed E-state index contributed by atoms with van der Waals surface area (Å²) in [6.45, 7) is 0.613. The smallest absolute Gasteiger partial charge is 0.416 e. The molecule has 1 heterocycles. The zero-order valence-electron chi connectivity index (χ0n) is 17.8. The molecule has 0 atom stereocenters. The van der Waals surface area contributed by atoms with E-state index >= 15 is 0 Å². The third kappa shape index (κ3) is 5.12. The molecule has 0 radical (unpaired) electrons. The van der Waals surface area contributed by atoms with E-state index in [0.29, 0.717) is 17.2 Å². The third-order valence-corrected chi connectivity index (χ3v) is 7.66. The maximum atomic E-state index is 14.3. The van der Waals surface area contributed by atoms with Crippen LogP contribution in [0.1, 0.15) is 24.8 Å². The van der Waals surface area contributed by atoms with E-state index in [9.17, 15) is 9.36 Å². The Labute approximate surface area is 188 Å². The molecule has 0 N–H and O–H groups in total. The quantitative estimate of drug-likeness (QED) is 0.462. The fourth-order valence-corrected chi connectivity index (χ4v) is 5.63. The molecule has 32 heavy (non-hydrogen) atoms. The summed E-state index contributed by atoms with van der Waals surface area (Å²) in [6.07, 6.45) is 3.80. The first-order chi connectivity index (χ1) is 15.7. The first-order valence-electron chi connectivity index (χ1n) is 10.8. The van der Waals surface area contributed by atoms with Crippen LogP contribution in [0.2, 0.25) is 0 Å². The van der Waals surface area contributed by atoms with Crippen LogP contribution in [0.3, 0.4) is 0 Å². The van der Waals surface area contributed by atoms with Gasteiger partial charge >= 0.3 is 13.5 Å². The van der Waals surface area contributed by atoms with Crippen molar-refractivity contribution in [3.05, 3.63) is 109 Å². The van der Waals surface area contributed by atoms with Crippen LogP contribution in [0, 0.1) is 0 Å². The van der Waals surface area contributed by atoms with Gasteiger partial charge in [-0.25, -0.2) is 9.69 Å². The predicted octanol–water partition coefficient (Wildman–Crippen LogP) is 5.60. The lowest BCUT2D eigenvalue weighted by atomic mass is 10.2. The number of rotatable bonds is 6. The third-order valence-electron chi connectivity index (χ3n) is 5.26. The summed E-state index contributed by atoms with van der Waals surface area (Å²) in [5.74, 6) is 0.289. The van der Waals surface area contributed by atoms with E-state index < -0.39 is 13.5 Å². The van der Waals surface area contributed by atoms with Crippen LogP contribution in [0.4, 0.5) is 4.79 Å². The van der Waals surface area contributed by atoms with Gasteiger partial charge in [-0.3, -0.25) is 4.57 Å². The summed E-state index contributed by atoms with van der Waals surface area (Å²) in [6, 6.07) is 27.8. The number of carbonyl (C=O) groups is 1. The highest BCUT2D eigenvalue weighted by Crippen LogP contribution is 2.47. The number of carbonyl (C=O) groups excluding carboxylic acids is 1. The van der Waals surface area contributed by atoms with Gasteiger partial charge in [0.15, 0.2) is 0 Å². The topological polar surface area (TPSA) is 55.8 Å². The number of hydrogen-bond donors (Lipinski definition) is 0. The summed E-state index contributed by atoms with van der Waals surface area (Å²) < 4.78 is 26.1. The van der Waals surface area contributed by atoms with Crippen LogP contribution in [0.5, 0.6) is 0 Å². The van der Waals surface area contributed by atoms with Gasteiger partial charge in [-0.15, -0.1) is 0 Å². The summed E-state index contributed by atoms with van der Waals surface area (Å²) in [5.41, 5.74) is 0.904. The van der Waals surface area contributed by atoms with Crippen LogP contribution in [0.25, 0.3) is 0 Å². The predicted molar refractivity (Wildman–Crippen MR) is 126 cm³/mol. The van der Waals surface area contributed by atoms with Crippen LogP contribution in [0.15, 0.2) is 103 Å². The maximum absolute atomic E-state index is 14.3. The van der Waals surface area contributed by atoms with Crippen molar-refractivity contribution in [1.29, 1.82) is 0 Å². The van der Waals surface area contributed by atoms with Gasteiger partial charge in [0.1, 0.15) is 6.61 Å². The minimum atomic E-state index is -3.48. The molecule has 3 aromatic carbocycles. The molecule has 1 aliphatic heterocycles. The van der Waals surface area contributed by atoms with Gasteiger partial charge in [0.25, 0.3) is 0 Å². The number of ether oxygens (including phenoxy) is 1. The van der Waals surface area contributed by atoms with E-state index in [-0.39, 0.29) is 12.5 Å². The summed E-state index contributed by atoms with van der Waals surface area (Å²) in [5, 5.41) is 1.16. The summed E-state index contributed by atoms with van der Waals surface area (Å²) in [7, 11) is -3.48. The lowest BCUT2D eigenvalue weighted by Crippen LogP contribution is -2.33. The molecule has 0 bridgehead atoms. The molecule has 5 nitrogen and oxygen atoms in total. The lowest BCUT2D eigenvalue weighted by molar-refractivity contribution is 0.0934. The van der Waals surface area contributed by atoms with E-state index in [2.05, 4.69) is 0 Å². The molecule has 4 rings (SSSR count). The second-order valence-corrected chi connectivity index (χ2v) is 9.86. The number of benzene rings is 3. The second-order valence-electron chi connectivity index (χ2n) is 7.54.